The van der Waals surface area contributed by atoms with Crippen LogP contribution in [0, 0.1) is 0 Å². The second kappa shape index (κ2) is 9.32. The van der Waals surface area contributed by atoms with E-state index < -0.39 is 0 Å². The van der Waals surface area contributed by atoms with Crippen LogP contribution in [0.25, 0.3) is 22.9 Å². The van der Waals surface area contributed by atoms with E-state index in [2.05, 4.69) is 15.5 Å². The SMILES string of the molecule is COc1ccc(-c2nnc(-c3ccc(NC(=O)COc4ccccc4Cl)cc3)o2)cc1. The van der Waals surface area contributed by atoms with Crippen molar-refractivity contribution in [3.05, 3.63) is 77.8 Å². The molecule has 31 heavy (non-hydrogen) atoms. The van der Waals surface area contributed by atoms with E-state index >= 15 is 0 Å². The van der Waals surface area contributed by atoms with Crippen LogP contribution in [0.3, 0.4) is 0 Å². The molecule has 0 aliphatic heterocycles. The van der Waals surface area contributed by atoms with Gasteiger partial charge in [-0.05, 0) is 60.7 Å². The zero-order valence-corrected chi connectivity index (χ0v) is 17.3. The Hall–Kier alpha value is -3.84. The number of benzene rings is 3. The topological polar surface area (TPSA) is 86.5 Å². The number of anilines is 1. The molecule has 0 spiro atoms. The maximum absolute atomic E-state index is 12.1. The summed E-state index contributed by atoms with van der Waals surface area (Å²) in [5.41, 5.74) is 2.14. The van der Waals surface area contributed by atoms with Crippen molar-refractivity contribution in [2.24, 2.45) is 0 Å². The Labute approximate surface area is 183 Å². The molecule has 1 N–H and O–H groups in total. The molecule has 1 amide bonds. The fourth-order valence-electron chi connectivity index (χ4n) is 2.79. The Balaban J connectivity index is 1.37. The molecule has 8 heteroatoms. The molecule has 0 saturated heterocycles. The van der Waals surface area contributed by atoms with Crippen molar-refractivity contribution < 1.29 is 18.7 Å². The van der Waals surface area contributed by atoms with Gasteiger partial charge in [0, 0.05) is 16.8 Å². The zero-order valence-electron chi connectivity index (χ0n) is 16.5. The molecule has 0 saturated carbocycles. The Morgan fingerprint density at radius 1 is 0.935 bits per heavy atom. The molecule has 1 aromatic heterocycles. The summed E-state index contributed by atoms with van der Waals surface area (Å²) in [6.07, 6.45) is 0. The number of hydrogen-bond acceptors (Lipinski definition) is 6. The van der Waals surface area contributed by atoms with Gasteiger partial charge in [0.2, 0.25) is 11.8 Å². The van der Waals surface area contributed by atoms with Gasteiger partial charge in [-0.25, -0.2) is 0 Å². The van der Waals surface area contributed by atoms with E-state index in [1.807, 2.05) is 24.3 Å². The third-order valence-electron chi connectivity index (χ3n) is 4.37. The van der Waals surface area contributed by atoms with Crippen LogP contribution in [0.2, 0.25) is 5.02 Å². The first-order chi connectivity index (χ1) is 15.1. The van der Waals surface area contributed by atoms with Gasteiger partial charge in [0.05, 0.1) is 12.1 Å². The van der Waals surface area contributed by atoms with Crippen molar-refractivity contribution in [1.29, 1.82) is 0 Å². The summed E-state index contributed by atoms with van der Waals surface area (Å²) >= 11 is 6.02. The molecule has 4 rings (SSSR count). The van der Waals surface area contributed by atoms with Gasteiger partial charge in [-0.15, -0.1) is 10.2 Å². The van der Waals surface area contributed by atoms with E-state index in [0.717, 1.165) is 16.9 Å². The van der Waals surface area contributed by atoms with Gasteiger partial charge < -0.3 is 19.2 Å². The molecule has 0 radical (unpaired) electrons. The van der Waals surface area contributed by atoms with Crippen LogP contribution >= 0.6 is 11.6 Å². The molecule has 3 aromatic carbocycles. The van der Waals surface area contributed by atoms with Crippen molar-refractivity contribution >= 4 is 23.2 Å². The van der Waals surface area contributed by atoms with E-state index in [-0.39, 0.29) is 12.5 Å². The van der Waals surface area contributed by atoms with Gasteiger partial charge in [0.25, 0.3) is 5.91 Å². The number of hydrogen-bond donors (Lipinski definition) is 1. The molecule has 156 valence electrons. The molecule has 7 nitrogen and oxygen atoms in total. The van der Waals surface area contributed by atoms with E-state index in [9.17, 15) is 4.79 Å². The van der Waals surface area contributed by atoms with Crippen molar-refractivity contribution in [3.63, 3.8) is 0 Å². The first-order valence-corrected chi connectivity index (χ1v) is 9.76. The highest BCUT2D eigenvalue weighted by Crippen LogP contribution is 2.26. The quantitative estimate of drug-likeness (QED) is 0.435. The lowest BCUT2D eigenvalue weighted by molar-refractivity contribution is -0.118. The Morgan fingerprint density at radius 2 is 1.55 bits per heavy atom. The smallest absolute Gasteiger partial charge is 0.262 e. The maximum atomic E-state index is 12.1. The van der Waals surface area contributed by atoms with E-state index in [0.29, 0.717) is 28.2 Å². The Kier molecular flexibility index (Phi) is 6.14. The number of carbonyl (C=O) groups is 1. The Bertz CT molecular complexity index is 1170. The summed E-state index contributed by atoms with van der Waals surface area (Å²) < 4.78 is 16.4. The van der Waals surface area contributed by atoms with Gasteiger partial charge in [-0.3, -0.25) is 4.79 Å². The van der Waals surface area contributed by atoms with Crippen LogP contribution in [-0.4, -0.2) is 29.8 Å². The highest BCUT2D eigenvalue weighted by molar-refractivity contribution is 6.32. The fraction of sp³-hybridized carbons (Fsp3) is 0.0870. The highest BCUT2D eigenvalue weighted by atomic mass is 35.5. The standard InChI is InChI=1S/C23H18ClN3O4/c1-29-18-12-8-16(9-13-18)23-27-26-22(31-23)15-6-10-17(11-7-15)25-21(28)14-30-20-5-3-2-4-19(20)24/h2-13H,14H2,1H3,(H,25,28). The largest absolute Gasteiger partial charge is 0.497 e. The van der Waals surface area contributed by atoms with E-state index in [1.165, 1.54) is 0 Å². The first kappa shape index (κ1) is 20.4. The molecular weight excluding hydrogens is 418 g/mol. The second-order valence-electron chi connectivity index (χ2n) is 6.49. The first-order valence-electron chi connectivity index (χ1n) is 9.38. The summed E-state index contributed by atoms with van der Waals surface area (Å²) in [6, 6.07) is 21.4. The predicted molar refractivity (Wildman–Crippen MR) is 117 cm³/mol. The lowest BCUT2D eigenvalue weighted by atomic mass is 10.2. The van der Waals surface area contributed by atoms with Crippen LogP contribution < -0.4 is 14.8 Å². The average molecular weight is 436 g/mol. The molecule has 0 bridgehead atoms. The summed E-state index contributed by atoms with van der Waals surface area (Å²) in [7, 11) is 1.61. The molecule has 0 aliphatic carbocycles. The van der Waals surface area contributed by atoms with Gasteiger partial charge in [0.15, 0.2) is 6.61 Å². The second-order valence-corrected chi connectivity index (χ2v) is 6.89. The minimum absolute atomic E-state index is 0.152. The number of methoxy groups -OCH3 is 1. The molecule has 0 aliphatic rings. The number of rotatable bonds is 7. The van der Waals surface area contributed by atoms with Crippen LogP contribution in [-0.2, 0) is 4.79 Å². The highest BCUT2D eigenvalue weighted by Gasteiger charge is 2.11. The summed E-state index contributed by atoms with van der Waals surface area (Å²) in [5, 5.41) is 11.4. The molecular formula is C23H18ClN3O4. The lowest BCUT2D eigenvalue weighted by Gasteiger charge is -2.08. The van der Waals surface area contributed by atoms with E-state index in [1.54, 1.807) is 55.6 Å². The molecule has 1 heterocycles. The van der Waals surface area contributed by atoms with Crippen molar-refractivity contribution in [2.75, 3.05) is 19.0 Å². The van der Waals surface area contributed by atoms with Crippen LogP contribution in [0.4, 0.5) is 5.69 Å². The van der Waals surface area contributed by atoms with Gasteiger partial charge >= 0.3 is 0 Å². The predicted octanol–water partition coefficient (Wildman–Crippen LogP) is 5.08. The summed E-state index contributed by atoms with van der Waals surface area (Å²) in [5.74, 6) is 1.70. The normalized spacial score (nSPS) is 10.5. The number of amides is 1. The number of aromatic nitrogens is 2. The van der Waals surface area contributed by atoms with Crippen LogP contribution in [0.1, 0.15) is 0 Å². The number of para-hydroxylation sites is 1. The van der Waals surface area contributed by atoms with Gasteiger partial charge in [0.1, 0.15) is 11.5 Å². The number of halogens is 1. The average Bonchev–Trinajstić information content (AvgIpc) is 3.29. The zero-order chi connectivity index (χ0) is 21.6. The van der Waals surface area contributed by atoms with Gasteiger partial charge in [-0.1, -0.05) is 23.7 Å². The summed E-state index contributed by atoms with van der Waals surface area (Å²) in [4.78, 5) is 12.1. The minimum atomic E-state index is -0.299. The van der Waals surface area contributed by atoms with Gasteiger partial charge in [-0.2, -0.15) is 0 Å². The minimum Gasteiger partial charge on any atom is -0.497 e. The maximum Gasteiger partial charge on any atom is 0.262 e. The fourth-order valence-corrected chi connectivity index (χ4v) is 2.98. The third-order valence-corrected chi connectivity index (χ3v) is 4.69. The van der Waals surface area contributed by atoms with Crippen molar-refractivity contribution in [2.45, 2.75) is 0 Å². The Morgan fingerprint density at radius 3 is 2.16 bits per heavy atom. The van der Waals surface area contributed by atoms with Crippen molar-refractivity contribution in [3.8, 4) is 34.4 Å². The molecule has 0 fully saturated rings. The van der Waals surface area contributed by atoms with Crippen LogP contribution in [0.5, 0.6) is 11.5 Å². The lowest BCUT2D eigenvalue weighted by Crippen LogP contribution is -2.20. The monoisotopic (exact) mass is 435 g/mol. The van der Waals surface area contributed by atoms with Crippen molar-refractivity contribution in [1.82, 2.24) is 10.2 Å². The number of ether oxygens (including phenoxy) is 2. The molecule has 0 unspecified atom stereocenters. The number of nitrogens with zero attached hydrogens (tertiary/aromatic N) is 2. The summed E-state index contributed by atoms with van der Waals surface area (Å²) in [6.45, 7) is -0.152. The van der Waals surface area contributed by atoms with E-state index in [4.69, 9.17) is 25.5 Å². The number of carbonyl (C=O) groups excluding carboxylic acids is 1. The molecule has 0 atom stereocenters. The number of nitrogens with one attached hydrogen (secondary N) is 1. The molecule has 4 aromatic rings. The third kappa shape index (κ3) is 5.02. The van der Waals surface area contributed by atoms with Crippen LogP contribution in [0.15, 0.2) is 77.2 Å².